The van der Waals surface area contributed by atoms with Gasteiger partial charge < -0.3 is 19.6 Å². The lowest BCUT2D eigenvalue weighted by Crippen LogP contribution is -2.47. The molecule has 1 N–H and O–H groups in total. The van der Waals surface area contributed by atoms with Crippen molar-refractivity contribution < 1.29 is 24.2 Å². The van der Waals surface area contributed by atoms with Gasteiger partial charge in [0.05, 0.1) is 12.3 Å². The molecule has 7 nitrogen and oxygen atoms in total. The number of amides is 2. The van der Waals surface area contributed by atoms with E-state index >= 15 is 0 Å². The predicted molar refractivity (Wildman–Crippen MR) is 80.4 cm³/mol. The van der Waals surface area contributed by atoms with E-state index in [4.69, 9.17) is 9.84 Å². The van der Waals surface area contributed by atoms with Gasteiger partial charge in [-0.2, -0.15) is 0 Å². The first kappa shape index (κ1) is 18.3. The molecule has 1 heterocycles. The maximum absolute atomic E-state index is 12.3. The third kappa shape index (κ3) is 5.91. The fourth-order valence-corrected chi connectivity index (χ4v) is 2.36. The van der Waals surface area contributed by atoms with E-state index in [9.17, 15) is 14.4 Å². The third-order valence-corrected chi connectivity index (χ3v) is 3.46. The number of ether oxygens (including phenoxy) is 1. The van der Waals surface area contributed by atoms with Crippen molar-refractivity contribution in [2.24, 2.45) is 5.92 Å². The summed E-state index contributed by atoms with van der Waals surface area (Å²) in [7, 11) is 1.59. The van der Waals surface area contributed by atoms with Gasteiger partial charge >= 0.3 is 12.1 Å². The van der Waals surface area contributed by atoms with Gasteiger partial charge in [0.25, 0.3) is 0 Å². The van der Waals surface area contributed by atoms with Gasteiger partial charge in [-0.3, -0.25) is 9.59 Å². The van der Waals surface area contributed by atoms with Crippen LogP contribution in [-0.4, -0.2) is 65.2 Å². The lowest BCUT2D eigenvalue weighted by molar-refractivity contribution is -0.139. The molecule has 7 heteroatoms. The molecule has 2 amide bonds. The molecule has 0 spiro atoms. The number of nitrogens with zero attached hydrogens (tertiary/aromatic N) is 2. The molecular weight excluding hydrogens is 288 g/mol. The van der Waals surface area contributed by atoms with Crippen LogP contribution in [-0.2, 0) is 14.3 Å². The number of carbonyl (C=O) groups excluding carboxylic acids is 2. The van der Waals surface area contributed by atoms with Crippen molar-refractivity contribution >= 4 is 18.0 Å². The molecule has 0 radical (unpaired) electrons. The summed E-state index contributed by atoms with van der Waals surface area (Å²) in [5, 5.41) is 8.67. The van der Waals surface area contributed by atoms with Crippen LogP contribution in [0.15, 0.2) is 0 Å². The fraction of sp³-hybridized carbons (Fsp3) is 0.800. The first-order valence-corrected chi connectivity index (χ1v) is 7.55. The molecule has 1 aliphatic heterocycles. The Labute approximate surface area is 131 Å². The van der Waals surface area contributed by atoms with Crippen LogP contribution in [0.5, 0.6) is 0 Å². The minimum atomic E-state index is -0.932. The highest BCUT2D eigenvalue weighted by atomic mass is 16.6. The number of aliphatic carboxylic acids is 1. The lowest BCUT2D eigenvalue weighted by atomic mass is 9.97. The van der Waals surface area contributed by atoms with E-state index in [1.54, 1.807) is 32.7 Å². The van der Waals surface area contributed by atoms with Crippen molar-refractivity contribution in [3.05, 3.63) is 0 Å². The van der Waals surface area contributed by atoms with Crippen LogP contribution in [0.2, 0.25) is 0 Å². The number of piperidine rings is 1. The largest absolute Gasteiger partial charge is 0.481 e. The monoisotopic (exact) mass is 314 g/mol. The van der Waals surface area contributed by atoms with Crippen LogP contribution in [0.3, 0.4) is 0 Å². The molecule has 1 aliphatic rings. The molecule has 1 unspecified atom stereocenters. The summed E-state index contributed by atoms with van der Waals surface area (Å²) in [5.41, 5.74) is -0.563. The average Bonchev–Trinajstić information content (AvgIpc) is 2.42. The van der Waals surface area contributed by atoms with Crippen LogP contribution in [0.1, 0.15) is 40.0 Å². The standard InChI is InChI=1S/C15H26N2O5/c1-15(2,3)22-14(21)17-8-5-6-11(10-17)13(20)16(4)9-7-12(18)19/h11H,5-10H2,1-4H3,(H,18,19). The van der Waals surface area contributed by atoms with E-state index in [0.717, 1.165) is 6.42 Å². The quantitative estimate of drug-likeness (QED) is 0.851. The summed E-state index contributed by atoms with van der Waals surface area (Å²) in [4.78, 5) is 37.9. The van der Waals surface area contributed by atoms with Gasteiger partial charge in [0.1, 0.15) is 5.60 Å². The van der Waals surface area contributed by atoms with Crippen molar-refractivity contribution in [2.75, 3.05) is 26.7 Å². The smallest absolute Gasteiger partial charge is 0.410 e. The molecule has 0 saturated carbocycles. The van der Waals surface area contributed by atoms with Gasteiger partial charge in [-0.25, -0.2) is 4.79 Å². The summed E-state index contributed by atoms with van der Waals surface area (Å²) in [6.07, 6.45) is 0.959. The van der Waals surface area contributed by atoms with Crippen LogP contribution < -0.4 is 0 Å². The topological polar surface area (TPSA) is 87.2 Å². The summed E-state index contributed by atoms with van der Waals surface area (Å²) in [6.45, 7) is 6.49. The molecule has 0 aromatic rings. The van der Waals surface area contributed by atoms with E-state index in [0.29, 0.717) is 19.5 Å². The van der Waals surface area contributed by atoms with Gasteiger partial charge in [-0.15, -0.1) is 0 Å². The molecule has 0 aromatic heterocycles. The van der Waals surface area contributed by atoms with E-state index in [2.05, 4.69) is 0 Å². The highest BCUT2D eigenvalue weighted by molar-refractivity contribution is 5.80. The lowest BCUT2D eigenvalue weighted by Gasteiger charge is -2.34. The average molecular weight is 314 g/mol. The molecule has 0 aromatic carbocycles. The van der Waals surface area contributed by atoms with Gasteiger partial charge in [0, 0.05) is 26.7 Å². The zero-order valence-electron chi connectivity index (χ0n) is 13.8. The minimum absolute atomic E-state index is 0.0786. The molecule has 0 aliphatic carbocycles. The summed E-state index contributed by atoms with van der Waals surface area (Å²) in [6, 6.07) is 0. The van der Waals surface area contributed by atoms with Crippen LogP contribution in [0.25, 0.3) is 0 Å². The maximum atomic E-state index is 12.3. The highest BCUT2D eigenvalue weighted by Gasteiger charge is 2.32. The Bertz CT molecular complexity index is 430. The Morgan fingerprint density at radius 1 is 1.32 bits per heavy atom. The molecular formula is C15H26N2O5. The number of carboxylic acid groups (broad SMARTS) is 1. The van der Waals surface area contributed by atoms with Gasteiger partial charge in [0.2, 0.25) is 5.91 Å². The van der Waals surface area contributed by atoms with E-state index in [1.807, 2.05) is 0 Å². The predicted octanol–water partition coefficient (Wildman–Crippen LogP) is 1.57. The van der Waals surface area contributed by atoms with Crippen molar-refractivity contribution in [2.45, 2.75) is 45.6 Å². The number of carbonyl (C=O) groups is 3. The molecule has 22 heavy (non-hydrogen) atoms. The minimum Gasteiger partial charge on any atom is -0.481 e. The number of hydrogen-bond acceptors (Lipinski definition) is 4. The second-order valence-corrected chi connectivity index (χ2v) is 6.67. The Morgan fingerprint density at radius 2 is 1.95 bits per heavy atom. The van der Waals surface area contributed by atoms with Gasteiger partial charge in [-0.1, -0.05) is 0 Å². The van der Waals surface area contributed by atoms with Gasteiger partial charge in [0.15, 0.2) is 0 Å². The Kier molecular flexibility index (Phi) is 6.20. The maximum Gasteiger partial charge on any atom is 0.410 e. The summed E-state index contributed by atoms with van der Waals surface area (Å²) >= 11 is 0. The molecule has 1 atom stereocenters. The van der Waals surface area contributed by atoms with Crippen molar-refractivity contribution in [1.29, 1.82) is 0 Å². The van der Waals surface area contributed by atoms with Crippen molar-refractivity contribution in [3.63, 3.8) is 0 Å². The second kappa shape index (κ2) is 7.47. The molecule has 0 bridgehead atoms. The third-order valence-electron chi connectivity index (χ3n) is 3.46. The highest BCUT2D eigenvalue weighted by Crippen LogP contribution is 2.21. The van der Waals surface area contributed by atoms with Gasteiger partial charge in [-0.05, 0) is 33.6 Å². The summed E-state index contributed by atoms with van der Waals surface area (Å²) in [5.74, 6) is -1.34. The molecule has 1 fully saturated rings. The van der Waals surface area contributed by atoms with Crippen molar-refractivity contribution in [3.8, 4) is 0 Å². The number of rotatable bonds is 4. The fourth-order valence-electron chi connectivity index (χ4n) is 2.36. The normalized spacial score (nSPS) is 18.7. The molecule has 1 rings (SSSR count). The van der Waals surface area contributed by atoms with Crippen LogP contribution in [0.4, 0.5) is 4.79 Å². The SMILES string of the molecule is CN(CCC(=O)O)C(=O)C1CCCN(C(=O)OC(C)(C)C)C1. The zero-order valence-corrected chi connectivity index (χ0v) is 13.8. The van der Waals surface area contributed by atoms with E-state index in [-0.39, 0.29) is 24.8 Å². The number of carboxylic acids is 1. The van der Waals surface area contributed by atoms with Crippen LogP contribution >= 0.6 is 0 Å². The summed E-state index contributed by atoms with van der Waals surface area (Å²) < 4.78 is 5.33. The number of hydrogen-bond donors (Lipinski definition) is 1. The molecule has 1 saturated heterocycles. The number of likely N-dealkylation sites (tertiary alicyclic amines) is 1. The second-order valence-electron chi connectivity index (χ2n) is 6.67. The molecule has 126 valence electrons. The first-order valence-electron chi connectivity index (χ1n) is 7.55. The first-order chi connectivity index (χ1) is 10.1. The van der Waals surface area contributed by atoms with Crippen molar-refractivity contribution in [1.82, 2.24) is 9.80 Å². The van der Waals surface area contributed by atoms with Crippen LogP contribution in [0, 0.1) is 5.92 Å². The Morgan fingerprint density at radius 3 is 2.50 bits per heavy atom. The Hall–Kier alpha value is -1.79. The van der Waals surface area contributed by atoms with E-state index < -0.39 is 17.7 Å². The Balaban J connectivity index is 2.56. The zero-order chi connectivity index (χ0) is 16.9. The van der Waals surface area contributed by atoms with E-state index in [1.165, 1.54) is 4.90 Å².